The van der Waals surface area contributed by atoms with Crippen molar-refractivity contribution < 1.29 is 0 Å². The quantitative estimate of drug-likeness (QED) is 0.618. The normalized spacial score (nSPS) is 10.9. The maximum absolute atomic E-state index is 4.64. The van der Waals surface area contributed by atoms with Gasteiger partial charge >= 0.3 is 0 Å². The second-order valence-electron chi connectivity index (χ2n) is 4.99. The smallest absolute Gasteiger partial charge is 0.137 e. The number of rotatable bonds is 4. The van der Waals surface area contributed by atoms with Crippen molar-refractivity contribution >= 4 is 22.7 Å². The van der Waals surface area contributed by atoms with Gasteiger partial charge in [0.2, 0.25) is 0 Å². The summed E-state index contributed by atoms with van der Waals surface area (Å²) < 4.78 is 2.03. The van der Waals surface area contributed by atoms with Crippen LogP contribution in [0.15, 0.2) is 66.6 Å². The molecule has 0 unspecified atom stereocenters. The Morgan fingerprint density at radius 1 is 1.09 bits per heavy atom. The minimum absolute atomic E-state index is 0.804. The maximum atomic E-state index is 4.64. The average Bonchev–Trinajstić information content (AvgIpc) is 3.22. The van der Waals surface area contributed by atoms with E-state index >= 15 is 0 Å². The molecule has 0 saturated heterocycles. The zero-order chi connectivity index (χ0) is 14.8. The number of aromatic nitrogens is 3. The van der Waals surface area contributed by atoms with Crippen LogP contribution in [0.25, 0.3) is 16.9 Å². The summed E-state index contributed by atoms with van der Waals surface area (Å²) in [4.78, 5) is 9.94. The first kappa shape index (κ1) is 13.0. The van der Waals surface area contributed by atoms with Gasteiger partial charge in [-0.15, -0.1) is 11.3 Å². The van der Waals surface area contributed by atoms with Crippen molar-refractivity contribution in [2.45, 2.75) is 6.54 Å². The highest BCUT2D eigenvalue weighted by molar-refractivity contribution is 7.09. The molecule has 4 rings (SSSR count). The number of anilines is 1. The van der Waals surface area contributed by atoms with E-state index in [1.165, 1.54) is 4.88 Å². The van der Waals surface area contributed by atoms with E-state index in [1.807, 2.05) is 40.5 Å². The first-order valence-corrected chi connectivity index (χ1v) is 7.92. The average molecular weight is 306 g/mol. The molecule has 0 aliphatic carbocycles. The highest BCUT2D eigenvalue weighted by atomic mass is 32.1. The maximum Gasteiger partial charge on any atom is 0.137 e. The van der Waals surface area contributed by atoms with Gasteiger partial charge in [-0.2, -0.15) is 0 Å². The Kier molecular flexibility index (Phi) is 3.33. The van der Waals surface area contributed by atoms with Crippen LogP contribution in [0.5, 0.6) is 0 Å². The number of benzene rings is 1. The molecule has 3 aromatic heterocycles. The van der Waals surface area contributed by atoms with Crippen molar-refractivity contribution in [3.63, 3.8) is 0 Å². The third kappa shape index (κ3) is 2.58. The predicted molar refractivity (Wildman–Crippen MR) is 90.1 cm³/mol. The van der Waals surface area contributed by atoms with Crippen LogP contribution in [0.3, 0.4) is 0 Å². The van der Waals surface area contributed by atoms with Gasteiger partial charge in [-0.25, -0.2) is 4.98 Å². The topological polar surface area (TPSA) is 42.2 Å². The number of nitrogens with zero attached hydrogens (tertiary/aromatic N) is 3. The number of hydrogen-bond donors (Lipinski definition) is 1. The summed E-state index contributed by atoms with van der Waals surface area (Å²) in [7, 11) is 0. The number of pyridine rings is 1. The zero-order valence-corrected chi connectivity index (χ0v) is 12.6. The van der Waals surface area contributed by atoms with Crippen LogP contribution in [0.4, 0.5) is 5.69 Å². The summed E-state index contributed by atoms with van der Waals surface area (Å²) in [6.45, 7) is 0.804. The molecule has 0 saturated carbocycles. The van der Waals surface area contributed by atoms with Crippen molar-refractivity contribution in [2.75, 3.05) is 5.32 Å². The summed E-state index contributed by atoms with van der Waals surface area (Å²) >= 11 is 1.66. The highest BCUT2D eigenvalue weighted by Gasteiger charge is 2.04. The molecule has 22 heavy (non-hydrogen) atoms. The number of thiazole rings is 1. The van der Waals surface area contributed by atoms with Crippen LogP contribution in [-0.4, -0.2) is 14.4 Å². The Labute approximate surface area is 132 Å². The largest absolute Gasteiger partial charge is 0.380 e. The Morgan fingerprint density at radius 2 is 2.00 bits per heavy atom. The van der Waals surface area contributed by atoms with Crippen molar-refractivity contribution in [3.05, 3.63) is 71.4 Å². The molecule has 0 spiro atoms. The first-order valence-electron chi connectivity index (χ1n) is 7.04. The summed E-state index contributed by atoms with van der Waals surface area (Å²) in [5, 5.41) is 3.40. The van der Waals surface area contributed by atoms with E-state index in [4.69, 9.17) is 0 Å². The fraction of sp³-hybridized carbons (Fsp3) is 0.0588. The Hall–Kier alpha value is -2.66. The van der Waals surface area contributed by atoms with Crippen LogP contribution < -0.4 is 5.32 Å². The van der Waals surface area contributed by atoms with Gasteiger partial charge in [0, 0.05) is 34.7 Å². The lowest BCUT2D eigenvalue weighted by molar-refractivity contribution is 1.17. The summed E-state index contributed by atoms with van der Waals surface area (Å²) in [5.41, 5.74) is 6.02. The number of imidazole rings is 1. The van der Waals surface area contributed by atoms with Gasteiger partial charge in [0.15, 0.2) is 0 Å². The van der Waals surface area contributed by atoms with E-state index in [0.29, 0.717) is 0 Å². The lowest BCUT2D eigenvalue weighted by atomic mass is 10.1. The van der Waals surface area contributed by atoms with Crippen molar-refractivity contribution in [1.82, 2.24) is 14.4 Å². The Morgan fingerprint density at radius 3 is 2.77 bits per heavy atom. The molecule has 3 heterocycles. The van der Waals surface area contributed by atoms with Crippen molar-refractivity contribution in [3.8, 4) is 11.3 Å². The van der Waals surface area contributed by atoms with Gasteiger partial charge < -0.3 is 9.72 Å². The molecule has 0 fully saturated rings. The van der Waals surface area contributed by atoms with E-state index < -0.39 is 0 Å². The Balaban J connectivity index is 1.53. The Bertz CT molecular complexity index is 846. The van der Waals surface area contributed by atoms with Gasteiger partial charge in [0.05, 0.1) is 17.7 Å². The van der Waals surface area contributed by atoms with E-state index in [2.05, 4.69) is 45.7 Å². The molecule has 0 aliphatic heterocycles. The molecule has 108 valence electrons. The zero-order valence-electron chi connectivity index (χ0n) is 11.8. The van der Waals surface area contributed by atoms with E-state index in [0.717, 1.165) is 29.1 Å². The minimum atomic E-state index is 0.804. The molecule has 0 bridgehead atoms. The third-order valence-corrected chi connectivity index (χ3v) is 4.27. The standard InChI is InChI=1S/C17H14N4S/c1-2-8-21-11-16(20-17(21)3-1)13-4-6-14(7-5-13)19-10-15-9-18-12-22-15/h1-9,11-12,19H,10H2. The molecule has 0 atom stereocenters. The van der Waals surface area contributed by atoms with Gasteiger partial charge in [-0.05, 0) is 24.3 Å². The molecule has 1 N–H and O–H groups in total. The molecule has 0 amide bonds. The lowest BCUT2D eigenvalue weighted by Gasteiger charge is -2.05. The molecular formula is C17H14N4S. The number of hydrogen-bond acceptors (Lipinski definition) is 4. The fourth-order valence-corrected chi connectivity index (χ4v) is 2.89. The molecule has 0 aliphatic rings. The van der Waals surface area contributed by atoms with Crippen molar-refractivity contribution in [2.24, 2.45) is 0 Å². The van der Waals surface area contributed by atoms with Gasteiger partial charge in [0.25, 0.3) is 0 Å². The van der Waals surface area contributed by atoms with Crippen LogP contribution >= 0.6 is 11.3 Å². The molecular weight excluding hydrogens is 292 g/mol. The number of nitrogens with one attached hydrogen (secondary N) is 1. The van der Waals surface area contributed by atoms with Crippen molar-refractivity contribution in [1.29, 1.82) is 0 Å². The van der Waals surface area contributed by atoms with E-state index in [9.17, 15) is 0 Å². The first-order chi connectivity index (χ1) is 10.9. The molecule has 5 heteroatoms. The minimum Gasteiger partial charge on any atom is -0.380 e. The second-order valence-corrected chi connectivity index (χ2v) is 5.96. The fourth-order valence-electron chi connectivity index (χ4n) is 2.35. The summed E-state index contributed by atoms with van der Waals surface area (Å²) in [6.07, 6.45) is 5.95. The lowest BCUT2D eigenvalue weighted by Crippen LogP contribution is -1.96. The molecule has 4 nitrogen and oxygen atoms in total. The third-order valence-electron chi connectivity index (χ3n) is 3.49. The molecule has 0 radical (unpaired) electrons. The van der Waals surface area contributed by atoms with Crippen LogP contribution in [0, 0.1) is 0 Å². The number of fused-ring (bicyclic) bond motifs is 1. The van der Waals surface area contributed by atoms with Gasteiger partial charge in [0.1, 0.15) is 5.65 Å². The van der Waals surface area contributed by atoms with Gasteiger partial charge in [-0.3, -0.25) is 4.98 Å². The second kappa shape index (κ2) is 5.61. The van der Waals surface area contributed by atoms with Crippen LogP contribution in [0.2, 0.25) is 0 Å². The van der Waals surface area contributed by atoms with Crippen LogP contribution in [-0.2, 0) is 6.54 Å². The predicted octanol–water partition coefficient (Wildman–Crippen LogP) is 4.07. The SMILES string of the molecule is c1ccn2cc(-c3ccc(NCc4cncs4)cc3)nc2c1. The van der Waals surface area contributed by atoms with E-state index in [-0.39, 0.29) is 0 Å². The van der Waals surface area contributed by atoms with Crippen LogP contribution in [0.1, 0.15) is 4.88 Å². The highest BCUT2D eigenvalue weighted by Crippen LogP contribution is 2.21. The molecule has 1 aromatic carbocycles. The summed E-state index contributed by atoms with van der Waals surface area (Å²) in [6, 6.07) is 14.4. The summed E-state index contributed by atoms with van der Waals surface area (Å²) in [5.74, 6) is 0. The molecule has 4 aromatic rings. The monoisotopic (exact) mass is 306 g/mol. The van der Waals surface area contributed by atoms with E-state index in [1.54, 1.807) is 11.3 Å². The van der Waals surface area contributed by atoms with Gasteiger partial charge in [-0.1, -0.05) is 18.2 Å².